The van der Waals surface area contributed by atoms with Gasteiger partial charge in [0.1, 0.15) is 0 Å². The Morgan fingerprint density at radius 3 is 1.83 bits per heavy atom. The summed E-state index contributed by atoms with van der Waals surface area (Å²) >= 11 is 0. The van der Waals surface area contributed by atoms with Gasteiger partial charge < -0.3 is 16.6 Å². The van der Waals surface area contributed by atoms with Crippen LogP contribution in [0.4, 0.5) is 11.4 Å². The second-order valence-corrected chi connectivity index (χ2v) is 8.53. The van der Waals surface area contributed by atoms with Gasteiger partial charge in [0, 0.05) is 22.9 Å². The van der Waals surface area contributed by atoms with E-state index >= 15 is 0 Å². The molecule has 2 aromatic rings. The average Bonchev–Trinajstić information content (AvgIpc) is 2.71. The average molecular weight is 397 g/mol. The molecule has 0 spiro atoms. The molecule has 0 saturated heterocycles. The number of aliphatic hydroxyl groups is 1. The van der Waals surface area contributed by atoms with Gasteiger partial charge in [0.15, 0.2) is 0 Å². The zero-order valence-electron chi connectivity index (χ0n) is 19.1. The summed E-state index contributed by atoms with van der Waals surface area (Å²) in [5, 5.41) is 11.1. The van der Waals surface area contributed by atoms with Crippen LogP contribution in [0.1, 0.15) is 93.2 Å². The second-order valence-electron chi connectivity index (χ2n) is 8.53. The van der Waals surface area contributed by atoms with Crippen LogP contribution in [0.25, 0.3) is 0 Å². The molecule has 0 saturated carbocycles. The van der Waals surface area contributed by atoms with Gasteiger partial charge in [0.2, 0.25) is 0 Å². The SMILES string of the molecule is CCC(CC)C(O)c1cc(C(c2ccc(N)c(C)c2)C(CC)CC)cc(C)c1N. The monoisotopic (exact) mass is 396 g/mol. The first-order valence-electron chi connectivity index (χ1n) is 11.2. The van der Waals surface area contributed by atoms with E-state index in [4.69, 9.17) is 11.5 Å². The minimum atomic E-state index is -0.529. The first kappa shape index (κ1) is 23.3. The van der Waals surface area contributed by atoms with Crippen molar-refractivity contribution in [3.8, 4) is 0 Å². The lowest BCUT2D eigenvalue weighted by Crippen LogP contribution is -2.17. The maximum absolute atomic E-state index is 11.1. The number of aliphatic hydroxyl groups excluding tert-OH is 1. The van der Waals surface area contributed by atoms with Crippen LogP contribution in [0.3, 0.4) is 0 Å². The van der Waals surface area contributed by atoms with E-state index in [-0.39, 0.29) is 11.8 Å². The van der Waals surface area contributed by atoms with E-state index in [0.717, 1.165) is 53.7 Å². The lowest BCUT2D eigenvalue weighted by molar-refractivity contribution is 0.104. The molecule has 0 aliphatic heterocycles. The lowest BCUT2D eigenvalue weighted by atomic mass is 9.76. The maximum Gasteiger partial charge on any atom is 0.0838 e. The zero-order valence-corrected chi connectivity index (χ0v) is 19.1. The molecule has 0 aliphatic rings. The van der Waals surface area contributed by atoms with Gasteiger partial charge in [-0.2, -0.15) is 0 Å². The Kier molecular flexibility index (Phi) is 8.15. The van der Waals surface area contributed by atoms with Crippen LogP contribution >= 0.6 is 0 Å². The molecule has 2 unspecified atom stereocenters. The van der Waals surface area contributed by atoms with E-state index in [1.54, 1.807) is 0 Å². The summed E-state index contributed by atoms with van der Waals surface area (Å²) in [5.74, 6) is 0.993. The second kappa shape index (κ2) is 10.2. The molecule has 0 radical (unpaired) electrons. The molecule has 2 atom stereocenters. The highest BCUT2D eigenvalue weighted by atomic mass is 16.3. The van der Waals surface area contributed by atoms with Crippen molar-refractivity contribution >= 4 is 11.4 Å². The summed E-state index contributed by atoms with van der Waals surface area (Å²) in [6.07, 6.45) is 3.54. The third-order valence-electron chi connectivity index (χ3n) is 6.79. The molecule has 0 aromatic heterocycles. The standard InChI is InChI=1S/C26H40N2O/c1-7-18(8-2)24(20-11-12-23(27)16(5)13-20)21-14-17(6)25(28)22(15-21)26(29)19(9-3)10-4/h11-15,18-19,24,26,29H,7-10,27-28H2,1-6H3. The predicted molar refractivity (Wildman–Crippen MR) is 126 cm³/mol. The number of nitrogens with two attached hydrogens (primary N) is 2. The summed E-state index contributed by atoms with van der Waals surface area (Å²) in [5.41, 5.74) is 19.7. The van der Waals surface area contributed by atoms with E-state index in [2.05, 4.69) is 65.8 Å². The molecule has 3 heteroatoms. The van der Waals surface area contributed by atoms with Crippen molar-refractivity contribution < 1.29 is 5.11 Å². The van der Waals surface area contributed by atoms with Crippen LogP contribution in [-0.2, 0) is 0 Å². The van der Waals surface area contributed by atoms with Crippen molar-refractivity contribution in [3.63, 3.8) is 0 Å². The number of rotatable bonds is 9. The highest BCUT2D eigenvalue weighted by molar-refractivity contribution is 5.58. The molecule has 2 aromatic carbocycles. The third-order valence-corrected chi connectivity index (χ3v) is 6.79. The fourth-order valence-corrected chi connectivity index (χ4v) is 4.66. The van der Waals surface area contributed by atoms with Gasteiger partial charge in [0.25, 0.3) is 0 Å². The Morgan fingerprint density at radius 2 is 1.31 bits per heavy atom. The molecule has 5 N–H and O–H groups in total. The normalized spacial score (nSPS) is 13.8. The topological polar surface area (TPSA) is 72.3 Å². The zero-order chi connectivity index (χ0) is 21.7. The van der Waals surface area contributed by atoms with Crippen LogP contribution in [0.5, 0.6) is 0 Å². The Labute approximate surface area is 177 Å². The minimum Gasteiger partial charge on any atom is -0.399 e. The predicted octanol–water partition coefficient (Wildman–Crippen LogP) is 6.51. The molecule has 3 nitrogen and oxygen atoms in total. The van der Waals surface area contributed by atoms with E-state index < -0.39 is 6.10 Å². The molecular formula is C26H40N2O. The molecule has 0 aliphatic carbocycles. The van der Waals surface area contributed by atoms with Gasteiger partial charge in [-0.25, -0.2) is 0 Å². The Balaban J connectivity index is 2.65. The van der Waals surface area contributed by atoms with Gasteiger partial charge in [-0.15, -0.1) is 0 Å². The number of nitrogen functional groups attached to an aromatic ring is 2. The summed E-state index contributed by atoms with van der Waals surface area (Å²) in [6.45, 7) is 12.9. The highest BCUT2D eigenvalue weighted by Gasteiger charge is 2.27. The summed E-state index contributed by atoms with van der Waals surface area (Å²) in [6, 6.07) is 10.8. The Morgan fingerprint density at radius 1 is 0.759 bits per heavy atom. The van der Waals surface area contributed by atoms with Gasteiger partial charge >= 0.3 is 0 Å². The number of hydrogen-bond donors (Lipinski definition) is 3. The van der Waals surface area contributed by atoms with E-state index in [9.17, 15) is 5.11 Å². The van der Waals surface area contributed by atoms with E-state index in [1.165, 1.54) is 11.1 Å². The molecular weight excluding hydrogens is 356 g/mol. The minimum absolute atomic E-state index is 0.220. The number of hydrogen-bond acceptors (Lipinski definition) is 3. The van der Waals surface area contributed by atoms with Crippen molar-refractivity contribution in [1.29, 1.82) is 0 Å². The van der Waals surface area contributed by atoms with Gasteiger partial charge in [-0.05, 0) is 54.0 Å². The lowest BCUT2D eigenvalue weighted by Gasteiger charge is -2.30. The van der Waals surface area contributed by atoms with Crippen LogP contribution in [0, 0.1) is 25.7 Å². The third kappa shape index (κ3) is 4.95. The number of anilines is 2. The van der Waals surface area contributed by atoms with Gasteiger partial charge in [0.05, 0.1) is 6.10 Å². The van der Waals surface area contributed by atoms with Gasteiger partial charge in [-0.3, -0.25) is 0 Å². The largest absolute Gasteiger partial charge is 0.399 e. The van der Waals surface area contributed by atoms with Crippen LogP contribution in [-0.4, -0.2) is 5.11 Å². The van der Waals surface area contributed by atoms with Crippen molar-refractivity contribution in [2.45, 2.75) is 79.2 Å². The van der Waals surface area contributed by atoms with E-state index in [0.29, 0.717) is 5.92 Å². The van der Waals surface area contributed by atoms with Crippen molar-refractivity contribution in [2.24, 2.45) is 11.8 Å². The molecule has 0 bridgehead atoms. The van der Waals surface area contributed by atoms with Crippen molar-refractivity contribution in [1.82, 2.24) is 0 Å². The smallest absolute Gasteiger partial charge is 0.0838 e. The fraction of sp³-hybridized carbons (Fsp3) is 0.538. The van der Waals surface area contributed by atoms with E-state index in [1.807, 2.05) is 6.07 Å². The quantitative estimate of drug-likeness (QED) is 0.423. The van der Waals surface area contributed by atoms with Crippen molar-refractivity contribution in [2.75, 3.05) is 11.5 Å². The highest BCUT2D eigenvalue weighted by Crippen LogP contribution is 2.41. The maximum atomic E-state index is 11.1. The molecule has 160 valence electrons. The molecule has 2 rings (SSSR count). The van der Waals surface area contributed by atoms with Crippen molar-refractivity contribution in [3.05, 3.63) is 58.1 Å². The fourth-order valence-electron chi connectivity index (χ4n) is 4.66. The Hall–Kier alpha value is -2.00. The summed E-state index contributed by atoms with van der Waals surface area (Å²) in [4.78, 5) is 0. The summed E-state index contributed by atoms with van der Waals surface area (Å²) in [7, 11) is 0. The molecule has 0 fully saturated rings. The first-order chi connectivity index (χ1) is 13.8. The van der Waals surface area contributed by atoms with Crippen LogP contribution in [0.15, 0.2) is 30.3 Å². The first-order valence-corrected chi connectivity index (χ1v) is 11.2. The molecule has 0 heterocycles. The number of aryl methyl sites for hydroxylation is 2. The number of benzene rings is 2. The summed E-state index contributed by atoms with van der Waals surface area (Å²) < 4.78 is 0. The Bertz CT molecular complexity index is 807. The van der Waals surface area contributed by atoms with Crippen LogP contribution < -0.4 is 11.5 Å². The van der Waals surface area contributed by atoms with Gasteiger partial charge in [-0.1, -0.05) is 77.6 Å². The molecule has 0 amide bonds. The van der Waals surface area contributed by atoms with Crippen LogP contribution in [0.2, 0.25) is 0 Å². The molecule has 29 heavy (non-hydrogen) atoms.